The Kier molecular flexibility index (Phi) is 48.3. The van der Waals surface area contributed by atoms with Crippen molar-refractivity contribution >= 4 is 17.9 Å². The zero-order chi connectivity index (χ0) is 43.7. The Bertz CT molecular complexity index is 931. The standard InChI is InChI=1S/C54H102O6/c1-4-7-10-13-16-19-22-24-25-26-27-28-29-30-33-35-38-41-44-47-53(56)59-50-51(49-58-52(55)46-43-40-37-34-31-21-18-15-12-9-6-3)60-54(57)48-45-42-39-36-32-23-20-17-14-11-8-5-2/h17,20,51H,4-16,18-19,21-50H2,1-3H3/b20-17-/t51-/m1/s1. The van der Waals surface area contributed by atoms with Gasteiger partial charge in [-0.2, -0.15) is 0 Å². The number of rotatable bonds is 49. The molecule has 0 aliphatic heterocycles. The van der Waals surface area contributed by atoms with Gasteiger partial charge in [-0.3, -0.25) is 14.4 Å². The molecule has 0 saturated carbocycles. The number of hydrogen-bond acceptors (Lipinski definition) is 6. The van der Waals surface area contributed by atoms with Crippen LogP contribution in [0.2, 0.25) is 0 Å². The van der Waals surface area contributed by atoms with Crippen molar-refractivity contribution in [2.45, 2.75) is 303 Å². The van der Waals surface area contributed by atoms with Crippen LogP contribution in [0.15, 0.2) is 12.2 Å². The Balaban J connectivity index is 4.25. The number of esters is 3. The van der Waals surface area contributed by atoms with Crippen LogP contribution in [0.1, 0.15) is 297 Å². The lowest BCUT2D eigenvalue weighted by molar-refractivity contribution is -0.167. The van der Waals surface area contributed by atoms with E-state index in [1.165, 1.54) is 193 Å². The Labute approximate surface area is 373 Å². The molecule has 354 valence electrons. The first-order valence-electron chi connectivity index (χ1n) is 26.7. The monoisotopic (exact) mass is 847 g/mol. The quantitative estimate of drug-likeness (QED) is 0.0263. The van der Waals surface area contributed by atoms with Gasteiger partial charge in [-0.05, 0) is 44.9 Å². The molecule has 1 atom stereocenters. The molecule has 6 nitrogen and oxygen atoms in total. The SMILES string of the molecule is CCCCC/C=C\CCCCCCCC(=O)O[C@H](COC(=O)CCCCCCCCCCCCC)COC(=O)CCCCCCCCCCCCCCCCCCCCC. The highest BCUT2D eigenvalue weighted by Gasteiger charge is 2.19. The first-order valence-corrected chi connectivity index (χ1v) is 26.7. The Morgan fingerprint density at radius 3 is 0.867 bits per heavy atom. The molecule has 60 heavy (non-hydrogen) atoms. The Hall–Kier alpha value is -1.85. The first kappa shape index (κ1) is 58.1. The zero-order valence-electron chi connectivity index (χ0n) is 40.5. The summed E-state index contributed by atoms with van der Waals surface area (Å²) in [7, 11) is 0. The number of unbranched alkanes of at least 4 members (excludes halogenated alkanes) is 36. The lowest BCUT2D eigenvalue weighted by Crippen LogP contribution is -2.30. The molecule has 0 aromatic carbocycles. The van der Waals surface area contributed by atoms with Crippen molar-refractivity contribution in [2.24, 2.45) is 0 Å². The second-order valence-corrected chi connectivity index (χ2v) is 18.2. The highest BCUT2D eigenvalue weighted by atomic mass is 16.6. The van der Waals surface area contributed by atoms with Crippen LogP contribution in [0.3, 0.4) is 0 Å². The van der Waals surface area contributed by atoms with E-state index in [1.54, 1.807) is 0 Å². The minimum atomic E-state index is -0.767. The number of ether oxygens (including phenoxy) is 3. The third-order valence-electron chi connectivity index (χ3n) is 12.0. The zero-order valence-corrected chi connectivity index (χ0v) is 40.5. The maximum Gasteiger partial charge on any atom is 0.306 e. The summed E-state index contributed by atoms with van der Waals surface area (Å²) in [5.41, 5.74) is 0. The highest BCUT2D eigenvalue weighted by molar-refractivity contribution is 5.71. The lowest BCUT2D eigenvalue weighted by atomic mass is 10.0. The van der Waals surface area contributed by atoms with Crippen molar-refractivity contribution in [1.29, 1.82) is 0 Å². The predicted octanol–water partition coefficient (Wildman–Crippen LogP) is 17.4. The molecular formula is C54H102O6. The minimum absolute atomic E-state index is 0.0681. The van der Waals surface area contributed by atoms with Crippen LogP contribution < -0.4 is 0 Å². The molecule has 0 aromatic heterocycles. The maximum absolute atomic E-state index is 12.8. The van der Waals surface area contributed by atoms with Gasteiger partial charge in [0.25, 0.3) is 0 Å². The molecular weight excluding hydrogens is 745 g/mol. The van der Waals surface area contributed by atoms with Gasteiger partial charge in [0.15, 0.2) is 6.10 Å². The summed E-state index contributed by atoms with van der Waals surface area (Å²) in [5.74, 6) is -0.861. The molecule has 0 bridgehead atoms. The van der Waals surface area contributed by atoms with Crippen molar-refractivity contribution in [3.05, 3.63) is 12.2 Å². The molecule has 0 spiro atoms. The Morgan fingerprint density at radius 2 is 0.550 bits per heavy atom. The second kappa shape index (κ2) is 49.8. The van der Waals surface area contributed by atoms with E-state index in [9.17, 15) is 14.4 Å². The van der Waals surface area contributed by atoms with E-state index in [0.717, 1.165) is 64.2 Å². The van der Waals surface area contributed by atoms with Crippen molar-refractivity contribution < 1.29 is 28.6 Å². The summed E-state index contributed by atoms with van der Waals surface area (Å²) in [4.78, 5) is 37.9. The van der Waals surface area contributed by atoms with E-state index in [1.807, 2.05) is 0 Å². The molecule has 0 aromatic rings. The topological polar surface area (TPSA) is 78.9 Å². The van der Waals surface area contributed by atoms with Gasteiger partial charge in [0.2, 0.25) is 0 Å². The summed E-state index contributed by atoms with van der Waals surface area (Å²) < 4.78 is 16.8. The average Bonchev–Trinajstić information content (AvgIpc) is 3.24. The van der Waals surface area contributed by atoms with Crippen LogP contribution in [0.25, 0.3) is 0 Å². The van der Waals surface area contributed by atoms with Crippen molar-refractivity contribution in [2.75, 3.05) is 13.2 Å². The molecule has 0 N–H and O–H groups in total. The number of carbonyl (C=O) groups is 3. The van der Waals surface area contributed by atoms with Crippen LogP contribution in [-0.2, 0) is 28.6 Å². The van der Waals surface area contributed by atoms with E-state index >= 15 is 0 Å². The summed E-state index contributed by atoms with van der Waals surface area (Å²) in [6, 6.07) is 0. The summed E-state index contributed by atoms with van der Waals surface area (Å²) in [6.45, 7) is 6.64. The molecule has 0 aliphatic carbocycles. The number of carbonyl (C=O) groups excluding carboxylic acids is 3. The fourth-order valence-corrected chi connectivity index (χ4v) is 7.97. The van der Waals surface area contributed by atoms with Crippen molar-refractivity contribution in [3.8, 4) is 0 Å². The summed E-state index contributed by atoms with van der Waals surface area (Å²) in [6.07, 6.45) is 54.8. The summed E-state index contributed by atoms with van der Waals surface area (Å²) >= 11 is 0. The molecule has 0 unspecified atom stereocenters. The number of allylic oxidation sites excluding steroid dienone is 2. The van der Waals surface area contributed by atoms with Gasteiger partial charge in [-0.15, -0.1) is 0 Å². The third-order valence-corrected chi connectivity index (χ3v) is 12.0. The van der Waals surface area contributed by atoms with E-state index < -0.39 is 6.10 Å². The molecule has 0 fully saturated rings. The molecule has 0 radical (unpaired) electrons. The molecule has 0 saturated heterocycles. The van der Waals surface area contributed by atoms with E-state index in [2.05, 4.69) is 32.9 Å². The van der Waals surface area contributed by atoms with E-state index in [0.29, 0.717) is 19.3 Å². The largest absolute Gasteiger partial charge is 0.462 e. The molecule has 0 heterocycles. The van der Waals surface area contributed by atoms with Crippen LogP contribution in [-0.4, -0.2) is 37.2 Å². The van der Waals surface area contributed by atoms with Gasteiger partial charge in [-0.1, -0.05) is 245 Å². The highest BCUT2D eigenvalue weighted by Crippen LogP contribution is 2.17. The van der Waals surface area contributed by atoms with Crippen LogP contribution >= 0.6 is 0 Å². The predicted molar refractivity (Wildman–Crippen MR) is 256 cm³/mol. The van der Waals surface area contributed by atoms with Gasteiger partial charge >= 0.3 is 17.9 Å². The molecule has 0 amide bonds. The molecule has 6 heteroatoms. The fraction of sp³-hybridized carbons (Fsp3) is 0.907. The number of hydrogen-bond donors (Lipinski definition) is 0. The smallest absolute Gasteiger partial charge is 0.306 e. The van der Waals surface area contributed by atoms with Crippen molar-refractivity contribution in [1.82, 2.24) is 0 Å². The van der Waals surface area contributed by atoms with Gasteiger partial charge in [0, 0.05) is 19.3 Å². The first-order chi connectivity index (χ1) is 29.5. The van der Waals surface area contributed by atoms with Gasteiger partial charge < -0.3 is 14.2 Å². The Morgan fingerprint density at radius 1 is 0.317 bits per heavy atom. The van der Waals surface area contributed by atoms with Crippen LogP contribution in [0, 0.1) is 0 Å². The van der Waals surface area contributed by atoms with E-state index in [-0.39, 0.29) is 31.1 Å². The third kappa shape index (κ3) is 47.2. The second-order valence-electron chi connectivity index (χ2n) is 18.2. The van der Waals surface area contributed by atoms with Crippen molar-refractivity contribution in [3.63, 3.8) is 0 Å². The minimum Gasteiger partial charge on any atom is -0.462 e. The molecule has 0 rings (SSSR count). The van der Waals surface area contributed by atoms with E-state index in [4.69, 9.17) is 14.2 Å². The molecule has 0 aliphatic rings. The van der Waals surface area contributed by atoms with Crippen LogP contribution in [0.5, 0.6) is 0 Å². The van der Waals surface area contributed by atoms with Crippen LogP contribution in [0.4, 0.5) is 0 Å². The fourth-order valence-electron chi connectivity index (χ4n) is 7.97. The van der Waals surface area contributed by atoms with Gasteiger partial charge in [-0.25, -0.2) is 0 Å². The lowest BCUT2D eigenvalue weighted by Gasteiger charge is -2.18. The normalized spacial score (nSPS) is 12.0. The van der Waals surface area contributed by atoms with Gasteiger partial charge in [0.1, 0.15) is 13.2 Å². The summed E-state index contributed by atoms with van der Waals surface area (Å²) in [5, 5.41) is 0. The maximum atomic E-state index is 12.8. The average molecular weight is 847 g/mol. The van der Waals surface area contributed by atoms with Gasteiger partial charge in [0.05, 0.1) is 0 Å².